The van der Waals surface area contributed by atoms with Crippen molar-refractivity contribution >= 4 is 32.8 Å². The fourth-order valence-electron chi connectivity index (χ4n) is 8.05. The first-order chi connectivity index (χ1) is 24.9. The van der Waals surface area contributed by atoms with Crippen LogP contribution in [0.25, 0.3) is 50.0 Å². The molecule has 0 amide bonds. The fourth-order valence-corrected chi connectivity index (χ4v) is 8.05. The second kappa shape index (κ2) is 11.1. The minimum Gasteiger partial charge on any atom is -0.508 e. The van der Waals surface area contributed by atoms with Crippen LogP contribution in [-0.4, -0.2) is 19.2 Å². The summed E-state index contributed by atoms with van der Waals surface area (Å²) in [6.45, 7) is 15.9. The van der Waals surface area contributed by atoms with Gasteiger partial charge in [0.05, 0.1) is 27.8 Å². The Hall–Kier alpha value is -5.88. The number of ether oxygens (including phenoxy) is 1. The molecular formula is C46H42N4O2. The number of hydrogen-bond acceptors (Lipinski definition) is 3. The van der Waals surface area contributed by atoms with Crippen LogP contribution >= 0.6 is 0 Å². The lowest BCUT2D eigenvalue weighted by Gasteiger charge is -2.42. The van der Waals surface area contributed by atoms with Gasteiger partial charge in [-0.25, -0.2) is 4.98 Å². The maximum Gasteiger partial charge on any atom is 0.269 e. The van der Waals surface area contributed by atoms with E-state index in [9.17, 15) is 5.11 Å². The predicted molar refractivity (Wildman–Crippen MR) is 209 cm³/mol. The molecule has 0 fully saturated rings. The minimum atomic E-state index is -0.196. The fraction of sp³-hybridized carbons (Fsp3) is 0.217. The number of phenols is 1. The van der Waals surface area contributed by atoms with Crippen LogP contribution in [0.15, 0.2) is 121 Å². The Morgan fingerprint density at radius 3 is 2.23 bits per heavy atom. The third kappa shape index (κ3) is 4.56. The quantitative estimate of drug-likeness (QED) is 0.148. The normalized spacial score (nSPS) is 14.8. The summed E-state index contributed by atoms with van der Waals surface area (Å²) in [6, 6.07) is 39.4. The molecule has 258 valence electrons. The number of benzene rings is 5. The lowest BCUT2D eigenvalue weighted by Crippen LogP contribution is -2.40. The van der Waals surface area contributed by atoms with E-state index in [-0.39, 0.29) is 22.0 Å². The van der Waals surface area contributed by atoms with Gasteiger partial charge in [0.1, 0.15) is 17.3 Å². The van der Waals surface area contributed by atoms with Crippen molar-refractivity contribution in [3.05, 3.63) is 144 Å². The van der Waals surface area contributed by atoms with Crippen LogP contribution in [0.2, 0.25) is 0 Å². The van der Waals surface area contributed by atoms with Gasteiger partial charge in [0.25, 0.3) is 6.33 Å². The molecule has 0 spiro atoms. The van der Waals surface area contributed by atoms with Crippen LogP contribution in [0.3, 0.4) is 0 Å². The molecule has 6 nitrogen and oxygen atoms in total. The zero-order chi connectivity index (χ0) is 36.2. The summed E-state index contributed by atoms with van der Waals surface area (Å²) in [4.78, 5) is 4.82. The number of hydrogen-bond donors (Lipinski definition) is 1. The molecule has 0 atom stereocenters. The van der Waals surface area contributed by atoms with E-state index in [1.165, 1.54) is 16.7 Å². The van der Waals surface area contributed by atoms with Gasteiger partial charge in [0, 0.05) is 23.0 Å². The molecule has 8 aromatic rings. The van der Waals surface area contributed by atoms with Gasteiger partial charge in [-0.05, 0) is 81.5 Å². The minimum absolute atomic E-state index is 0.0241. The summed E-state index contributed by atoms with van der Waals surface area (Å²) < 4.78 is 12.9. The van der Waals surface area contributed by atoms with Crippen molar-refractivity contribution in [3.8, 4) is 34.4 Å². The predicted octanol–water partition coefficient (Wildman–Crippen LogP) is 10.6. The molecule has 3 aromatic heterocycles. The molecule has 1 aliphatic rings. The highest BCUT2D eigenvalue weighted by atomic mass is 16.5. The van der Waals surface area contributed by atoms with Crippen LogP contribution in [0, 0.1) is 6.33 Å². The molecule has 9 rings (SSSR count). The number of para-hydroxylation sites is 4. The average molecular weight is 683 g/mol. The van der Waals surface area contributed by atoms with Gasteiger partial charge >= 0.3 is 0 Å². The third-order valence-electron chi connectivity index (χ3n) is 11.7. The highest BCUT2D eigenvalue weighted by molar-refractivity contribution is 6.09. The Labute approximate surface area is 304 Å². The maximum atomic E-state index is 11.9. The van der Waals surface area contributed by atoms with E-state index < -0.39 is 0 Å². The molecule has 4 heterocycles. The molecule has 1 aliphatic heterocycles. The van der Waals surface area contributed by atoms with Gasteiger partial charge in [-0.15, -0.1) is 0 Å². The van der Waals surface area contributed by atoms with Gasteiger partial charge in [-0.2, -0.15) is 0 Å². The number of aromatic nitrogens is 4. The van der Waals surface area contributed by atoms with Crippen molar-refractivity contribution < 1.29 is 14.4 Å². The second-order valence-corrected chi connectivity index (χ2v) is 16.1. The number of rotatable bonds is 4. The SMILES string of the molecule is CC(C)(C)c1ccnc(-n2c3ccccc3c3ccc(Oc4cccc(-n5[c-][n+]6c7c(cccc75)C(C)(C)C(C)(C)c5ccccc5-6)c4O)cc32)c1. The first kappa shape index (κ1) is 32.1. The average Bonchev–Trinajstić information content (AvgIpc) is 3.66. The number of pyridine rings is 1. The Morgan fingerprint density at radius 2 is 1.40 bits per heavy atom. The van der Waals surface area contributed by atoms with E-state index in [1.54, 1.807) is 0 Å². The van der Waals surface area contributed by atoms with Crippen molar-refractivity contribution in [3.63, 3.8) is 0 Å². The highest BCUT2D eigenvalue weighted by Gasteiger charge is 2.44. The van der Waals surface area contributed by atoms with E-state index >= 15 is 0 Å². The van der Waals surface area contributed by atoms with Crippen LogP contribution in [-0.2, 0) is 16.2 Å². The third-order valence-corrected chi connectivity index (χ3v) is 11.7. The first-order valence-electron chi connectivity index (χ1n) is 18.0. The first-order valence-corrected chi connectivity index (χ1v) is 18.0. The van der Waals surface area contributed by atoms with Crippen molar-refractivity contribution in [1.82, 2.24) is 14.1 Å². The maximum absolute atomic E-state index is 11.9. The number of phenolic OH excluding ortho intramolecular Hbond substituents is 1. The second-order valence-electron chi connectivity index (χ2n) is 16.1. The zero-order valence-corrected chi connectivity index (χ0v) is 30.7. The molecule has 1 N–H and O–H groups in total. The van der Waals surface area contributed by atoms with E-state index in [1.807, 2.05) is 41.1 Å². The molecular weight excluding hydrogens is 641 g/mol. The van der Waals surface area contributed by atoms with Gasteiger partial charge in [0.2, 0.25) is 0 Å². The summed E-state index contributed by atoms with van der Waals surface area (Å²) in [5.41, 5.74) is 9.10. The van der Waals surface area contributed by atoms with E-state index in [4.69, 9.17) is 9.72 Å². The zero-order valence-electron chi connectivity index (χ0n) is 30.7. The highest BCUT2D eigenvalue weighted by Crippen LogP contribution is 2.49. The van der Waals surface area contributed by atoms with Crippen molar-refractivity contribution in [2.24, 2.45) is 0 Å². The molecule has 6 heteroatoms. The van der Waals surface area contributed by atoms with Crippen molar-refractivity contribution in [2.75, 3.05) is 0 Å². The van der Waals surface area contributed by atoms with Crippen LogP contribution in [0.5, 0.6) is 17.2 Å². The Bertz CT molecular complexity index is 2720. The Morgan fingerprint density at radius 1 is 0.712 bits per heavy atom. The number of nitrogens with zero attached hydrogens (tertiary/aromatic N) is 4. The topological polar surface area (TPSA) is 56.1 Å². The molecule has 0 radical (unpaired) electrons. The van der Waals surface area contributed by atoms with Gasteiger partial charge < -0.3 is 9.84 Å². The lowest BCUT2D eigenvalue weighted by molar-refractivity contribution is -0.573. The standard InChI is InChI=1S/C46H42N4O2/c1-44(2,3)29-24-25-47-41(26-29)50-35-17-10-8-14-31(35)32-23-22-30(27-39(32)50)52-40-21-13-20-38(43(40)51)48-28-49-36-18-11-9-15-33(36)45(4,5)46(6,7)34-16-12-19-37(48)42(34)49/h8-27,51H,1-7H3. The summed E-state index contributed by atoms with van der Waals surface area (Å²) in [6.07, 6.45) is 5.53. The van der Waals surface area contributed by atoms with E-state index in [0.717, 1.165) is 44.3 Å². The molecule has 0 saturated heterocycles. The van der Waals surface area contributed by atoms with Gasteiger partial charge in [-0.3, -0.25) is 13.7 Å². The van der Waals surface area contributed by atoms with Crippen LogP contribution in [0.1, 0.15) is 65.2 Å². The summed E-state index contributed by atoms with van der Waals surface area (Å²) in [5.74, 6) is 1.87. The molecule has 0 aliphatic carbocycles. The van der Waals surface area contributed by atoms with Gasteiger partial charge in [-0.1, -0.05) is 109 Å². The summed E-state index contributed by atoms with van der Waals surface area (Å²) >= 11 is 0. The number of fused-ring (bicyclic) bond motifs is 5. The molecule has 5 aromatic carbocycles. The molecule has 0 bridgehead atoms. The van der Waals surface area contributed by atoms with Crippen LogP contribution < -0.4 is 9.30 Å². The van der Waals surface area contributed by atoms with E-state index in [0.29, 0.717) is 17.2 Å². The molecule has 0 saturated carbocycles. The monoisotopic (exact) mass is 682 g/mol. The van der Waals surface area contributed by atoms with E-state index in [2.05, 4.69) is 149 Å². The molecule has 52 heavy (non-hydrogen) atoms. The Balaban J connectivity index is 1.18. The number of aromatic hydroxyl groups is 1. The van der Waals surface area contributed by atoms with Gasteiger partial charge in [0.15, 0.2) is 11.5 Å². The Kier molecular flexibility index (Phi) is 6.82. The van der Waals surface area contributed by atoms with Crippen LogP contribution in [0.4, 0.5) is 0 Å². The smallest absolute Gasteiger partial charge is 0.269 e. The summed E-state index contributed by atoms with van der Waals surface area (Å²) in [7, 11) is 0. The van der Waals surface area contributed by atoms with Crippen molar-refractivity contribution in [1.29, 1.82) is 0 Å². The summed E-state index contributed by atoms with van der Waals surface area (Å²) in [5, 5.41) is 14.2. The lowest BCUT2D eigenvalue weighted by atomic mass is 9.61. The largest absolute Gasteiger partial charge is 0.508 e. The van der Waals surface area contributed by atoms with Crippen molar-refractivity contribution in [2.45, 2.75) is 64.7 Å². The number of imidazole rings is 1. The molecule has 0 unspecified atom stereocenters.